The summed E-state index contributed by atoms with van der Waals surface area (Å²) < 4.78 is 0. The fourth-order valence-corrected chi connectivity index (χ4v) is 4.42. The summed E-state index contributed by atoms with van der Waals surface area (Å²) >= 11 is 0. The van der Waals surface area contributed by atoms with Gasteiger partial charge in [-0.3, -0.25) is 9.69 Å². The summed E-state index contributed by atoms with van der Waals surface area (Å²) in [7, 11) is 2.09. The molecule has 28 heavy (non-hydrogen) atoms. The average molecular weight is 376 g/mol. The molecule has 0 radical (unpaired) electrons. The maximum absolute atomic E-state index is 13.2. The number of carbonyl (C=O) groups is 1. The Labute approximate surface area is 167 Å². The number of rotatable bonds is 5. The summed E-state index contributed by atoms with van der Waals surface area (Å²) in [5.74, 6) is 0.0906. The van der Waals surface area contributed by atoms with Gasteiger partial charge >= 0.3 is 0 Å². The number of nitrogens with zero attached hydrogens (tertiary/aromatic N) is 3. The van der Waals surface area contributed by atoms with Gasteiger partial charge in [-0.1, -0.05) is 79.9 Å². The van der Waals surface area contributed by atoms with E-state index in [0.717, 1.165) is 23.3 Å². The van der Waals surface area contributed by atoms with Gasteiger partial charge in [0.05, 0.1) is 18.3 Å². The van der Waals surface area contributed by atoms with E-state index in [2.05, 4.69) is 36.2 Å². The summed E-state index contributed by atoms with van der Waals surface area (Å²) in [5.41, 5.74) is 3.23. The monoisotopic (exact) mass is 375 g/mol. The molecule has 1 unspecified atom stereocenters. The van der Waals surface area contributed by atoms with E-state index in [9.17, 15) is 4.79 Å². The Hall–Kier alpha value is -2.46. The molecule has 2 aromatic carbocycles. The minimum atomic E-state index is -0.0244. The first-order valence-corrected chi connectivity index (χ1v) is 10.4. The zero-order chi connectivity index (χ0) is 19.3. The van der Waals surface area contributed by atoms with Gasteiger partial charge < -0.3 is 0 Å². The highest BCUT2D eigenvalue weighted by Gasteiger charge is 2.34. The molecule has 4 rings (SSSR count). The van der Waals surface area contributed by atoms with Crippen molar-refractivity contribution in [3.05, 3.63) is 71.8 Å². The second-order valence-corrected chi connectivity index (χ2v) is 7.99. The van der Waals surface area contributed by atoms with Crippen molar-refractivity contribution >= 4 is 11.6 Å². The molecule has 1 amide bonds. The minimum absolute atomic E-state index is 0.0244. The largest absolute Gasteiger partial charge is 0.295 e. The van der Waals surface area contributed by atoms with Crippen LogP contribution >= 0.6 is 0 Å². The van der Waals surface area contributed by atoms with Crippen molar-refractivity contribution in [1.82, 2.24) is 9.91 Å². The highest BCUT2D eigenvalue weighted by atomic mass is 16.2. The Morgan fingerprint density at radius 1 is 1.00 bits per heavy atom. The Morgan fingerprint density at radius 3 is 2.32 bits per heavy atom. The highest BCUT2D eigenvalue weighted by molar-refractivity contribution is 6.03. The molecule has 2 aromatic rings. The van der Waals surface area contributed by atoms with Crippen LogP contribution in [0.4, 0.5) is 0 Å². The van der Waals surface area contributed by atoms with Gasteiger partial charge in [0, 0.05) is 12.5 Å². The van der Waals surface area contributed by atoms with Gasteiger partial charge in [0.25, 0.3) is 5.91 Å². The molecule has 0 bridgehead atoms. The topological polar surface area (TPSA) is 35.9 Å². The van der Waals surface area contributed by atoms with E-state index in [-0.39, 0.29) is 11.9 Å². The van der Waals surface area contributed by atoms with Crippen molar-refractivity contribution in [2.24, 2.45) is 5.10 Å². The maximum Gasteiger partial charge on any atom is 0.257 e. The summed E-state index contributed by atoms with van der Waals surface area (Å²) in [4.78, 5) is 15.5. The smallest absolute Gasteiger partial charge is 0.257 e. The maximum atomic E-state index is 13.2. The Morgan fingerprint density at radius 2 is 1.64 bits per heavy atom. The Kier molecular flexibility index (Phi) is 5.87. The summed E-state index contributed by atoms with van der Waals surface area (Å²) in [6.45, 7) is 0.430. The van der Waals surface area contributed by atoms with E-state index >= 15 is 0 Å². The number of carbonyl (C=O) groups excluding carboxylic acids is 1. The molecular weight excluding hydrogens is 346 g/mol. The van der Waals surface area contributed by atoms with Gasteiger partial charge in [0.15, 0.2) is 0 Å². The van der Waals surface area contributed by atoms with Gasteiger partial charge in [0.2, 0.25) is 0 Å². The second-order valence-electron chi connectivity index (χ2n) is 7.99. The quantitative estimate of drug-likeness (QED) is 0.764. The SMILES string of the molecule is CN(CC(=O)N1N=C(c2ccccc2)CC1c1ccccc1)C1CCCCC1. The number of likely N-dealkylation sites (N-methyl/N-ethyl adjacent to an activating group) is 1. The van der Waals surface area contributed by atoms with Crippen LogP contribution < -0.4 is 0 Å². The number of hydrogen-bond acceptors (Lipinski definition) is 3. The molecule has 1 aliphatic carbocycles. The first-order valence-electron chi connectivity index (χ1n) is 10.4. The fraction of sp³-hybridized carbons (Fsp3) is 0.417. The first kappa shape index (κ1) is 18.9. The third-order valence-corrected chi connectivity index (χ3v) is 6.04. The molecule has 1 fully saturated rings. The van der Waals surface area contributed by atoms with E-state index in [4.69, 9.17) is 5.10 Å². The van der Waals surface area contributed by atoms with E-state index in [1.165, 1.54) is 32.1 Å². The van der Waals surface area contributed by atoms with Crippen LogP contribution in [0, 0.1) is 0 Å². The lowest BCUT2D eigenvalue weighted by molar-refractivity contribution is -0.134. The summed E-state index contributed by atoms with van der Waals surface area (Å²) in [6.07, 6.45) is 7.03. The molecule has 0 spiro atoms. The predicted octanol–water partition coefficient (Wildman–Crippen LogP) is 4.63. The summed E-state index contributed by atoms with van der Waals surface area (Å²) in [5, 5.41) is 6.52. The van der Waals surface area contributed by atoms with Crippen molar-refractivity contribution in [3.63, 3.8) is 0 Å². The molecule has 1 atom stereocenters. The zero-order valence-electron chi connectivity index (χ0n) is 16.6. The molecule has 4 heteroatoms. The van der Waals surface area contributed by atoms with Crippen molar-refractivity contribution in [1.29, 1.82) is 0 Å². The standard InChI is InChI=1S/C24H29N3O/c1-26(21-15-9-4-10-16-21)18-24(28)27-23(20-13-7-3-8-14-20)17-22(25-27)19-11-5-2-6-12-19/h2-3,5-8,11-14,21,23H,4,9-10,15-18H2,1H3. The lowest BCUT2D eigenvalue weighted by atomic mass is 9.94. The van der Waals surface area contributed by atoms with Crippen LogP contribution in [-0.4, -0.2) is 41.2 Å². The van der Waals surface area contributed by atoms with Gasteiger partial charge in [-0.15, -0.1) is 0 Å². The second kappa shape index (κ2) is 8.70. The summed E-state index contributed by atoms with van der Waals surface area (Å²) in [6, 6.07) is 21.0. The minimum Gasteiger partial charge on any atom is -0.295 e. The average Bonchev–Trinajstić information content (AvgIpc) is 3.21. The van der Waals surface area contributed by atoms with Crippen LogP contribution in [0.25, 0.3) is 0 Å². The molecule has 0 aromatic heterocycles. The predicted molar refractivity (Wildman–Crippen MR) is 113 cm³/mol. The number of hydrazone groups is 1. The Bertz CT molecular complexity index is 812. The van der Waals surface area contributed by atoms with Crippen molar-refractivity contribution in [2.45, 2.75) is 50.6 Å². The van der Waals surface area contributed by atoms with Gasteiger partial charge in [0.1, 0.15) is 0 Å². The molecule has 1 heterocycles. The van der Waals surface area contributed by atoms with Gasteiger partial charge in [-0.05, 0) is 31.0 Å². The van der Waals surface area contributed by atoms with Crippen molar-refractivity contribution < 1.29 is 4.79 Å². The first-order chi connectivity index (χ1) is 13.7. The van der Waals surface area contributed by atoms with Crippen LogP contribution in [0.5, 0.6) is 0 Å². The van der Waals surface area contributed by atoms with Crippen LogP contribution in [-0.2, 0) is 4.79 Å². The van der Waals surface area contributed by atoms with Crippen LogP contribution in [0.1, 0.15) is 55.7 Å². The Balaban J connectivity index is 1.55. The fourth-order valence-electron chi connectivity index (χ4n) is 4.42. The van der Waals surface area contributed by atoms with E-state index in [1.807, 2.05) is 36.4 Å². The normalized spacial score (nSPS) is 20.4. The number of hydrogen-bond donors (Lipinski definition) is 0. The van der Waals surface area contributed by atoms with Crippen LogP contribution in [0.15, 0.2) is 65.8 Å². The van der Waals surface area contributed by atoms with Crippen LogP contribution in [0.3, 0.4) is 0 Å². The van der Waals surface area contributed by atoms with E-state index in [1.54, 1.807) is 5.01 Å². The third kappa shape index (κ3) is 4.17. The van der Waals surface area contributed by atoms with E-state index in [0.29, 0.717) is 12.6 Å². The molecule has 2 aliphatic rings. The lowest BCUT2D eigenvalue weighted by Gasteiger charge is -2.32. The van der Waals surface area contributed by atoms with Crippen molar-refractivity contribution in [3.8, 4) is 0 Å². The molecule has 1 saturated carbocycles. The highest BCUT2D eigenvalue weighted by Crippen LogP contribution is 2.33. The third-order valence-electron chi connectivity index (χ3n) is 6.04. The molecule has 146 valence electrons. The lowest BCUT2D eigenvalue weighted by Crippen LogP contribution is -2.41. The molecule has 1 aliphatic heterocycles. The van der Waals surface area contributed by atoms with E-state index < -0.39 is 0 Å². The number of benzene rings is 2. The van der Waals surface area contributed by atoms with Crippen LogP contribution in [0.2, 0.25) is 0 Å². The van der Waals surface area contributed by atoms with Gasteiger partial charge in [-0.25, -0.2) is 5.01 Å². The molecule has 0 N–H and O–H groups in total. The van der Waals surface area contributed by atoms with Gasteiger partial charge in [-0.2, -0.15) is 5.10 Å². The van der Waals surface area contributed by atoms with Crippen molar-refractivity contribution in [2.75, 3.05) is 13.6 Å². The molecule has 4 nitrogen and oxygen atoms in total. The molecular formula is C24H29N3O. The number of amides is 1. The zero-order valence-corrected chi connectivity index (χ0v) is 16.6. The molecule has 0 saturated heterocycles.